The number of carbonyl (C=O) groups is 2. The number of nitrogens with one attached hydrogen (secondary N) is 1. The summed E-state index contributed by atoms with van der Waals surface area (Å²) in [5.41, 5.74) is 1.43. The van der Waals surface area contributed by atoms with Gasteiger partial charge in [-0.15, -0.1) is 0 Å². The van der Waals surface area contributed by atoms with Gasteiger partial charge in [0.2, 0.25) is 5.91 Å². The quantitative estimate of drug-likeness (QED) is 0.707. The lowest BCUT2D eigenvalue weighted by molar-refractivity contribution is -0.130. The van der Waals surface area contributed by atoms with Crippen molar-refractivity contribution in [3.8, 4) is 5.75 Å². The van der Waals surface area contributed by atoms with Crippen molar-refractivity contribution < 1.29 is 14.7 Å². The van der Waals surface area contributed by atoms with Crippen LogP contribution < -0.4 is 5.32 Å². The van der Waals surface area contributed by atoms with Crippen molar-refractivity contribution in [2.45, 2.75) is 13.0 Å². The minimum Gasteiger partial charge on any atom is -0.508 e. The van der Waals surface area contributed by atoms with Gasteiger partial charge in [-0.1, -0.05) is 42.5 Å². The SMILES string of the molecule is CN(Cc1cccc(O)c1)C(=O)CCNC(=O)c1ccc2ccccc2c1. The molecule has 138 valence electrons. The molecule has 0 aliphatic heterocycles. The first kappa shape index (κ1) is 18.5. The highest BCUT2D eigenvalue weighted by Gasteiger charge is 2.11. The van der Waals surface area contributed by atoms with Gasteiger partial charge in [0.1, 0.15) is 5.75 Å². The molecule has 3 aromatic rings. The molecular weight excluding hydrogens is 340 g/mol. The average molecular weight is 362 g/mol. The van der Waals surface area contributed by atoms with E-state index in [1.807, 2.05) is 42.5 Å². The molecule has 0 atom stereocenters. The minimum atomic E-state index is -0.191. The van der Waals surface area contributed by atoms with Crippen molar-refractivity contribution in [2.75, 3.05) is 13.6 Å². The zero-order valence-electron chi connectivity index (χ0n) is 15.2. The highest BCUT2D eigenvalue weighted by atomic mass is 16.3. The second kappa shape index (κ2) is 8.36. The van der Waals surface area contributed by atoms with Crippen molar-refractivity contribution >= 4 is 22.6 Å². The lowest BCUT2D eigenvalue weighted by atomic mass is 10.1. The number of amides is 2. The average Bonchev–Trinajstić information content (AvgIpc) is 2.67. The van der Waals surface area contributed by atoms with Crippen LogP contribution in [-0.4, -0.2) is 35.4 Å². The van der Waals surface area contributed by atoms with Gasteiger partial charge in [0.25, 0.3) is 5.91 Å². The molecule has 0 saturated heterocycles. The van der Waals surface area contributed by atoms with Crippen LogP contribution in [0.25, 0.3) is 10.8 Å². The fraction of sp³-hybridized carbons (Fsp3) is 0.182. The molecule has 5 nitrogen and oxygen atoms in total. The monoisotopic (exact) mass is 362 g/mol. The minimum absolute atomic E-state index is 0.0721. The number of aromatic hydroxyl groups is 1. The Bertz CT molecular complexity index is 968. The van der Waals surface area contributed by atoms with Gasteiger partial charge in [-0.2, -0.15) is 0 Å². The smallest absolute Gasteiger partial charge is 0.251 e. The Balaban J connectivity index is 1.50. The van der Waals surface area contributed by atoms with Crippen molar-refractivity contribution in [3.63, 3.8) is 0 Å². The first-order valence-corrected chi connectivity index (χ1v) is 8.82. The number of nitrogens with zero attached hydrogens (tertiary/aromatic N) is 1. The summed E-state index contributed by atoms with van der Waals surface area (Å²) in [5, 5.41) is 14.4. The molecule has 0 aromatic heterocycles. The van der Waals surface area contributed by atoms with Gasteiger partial charge < -0.3 is 15.3 Å². The molecular formula is C22H22N2O3. The number of phenolic OH excluding ortho intramolecular Hbond substituents is 1. The molecule has 0 spiro atoms. The molecule has 0 heterocycles. The molecule has 2 amide bonds. The van der Waals surface area contributed by atoms with Gasteiger partial charge in [0, 0.05) is 32.1 Å². The second-order valence-electron chi connectivity index (χ2n) is 6.49. The molecule has 0 fully saturated rings. The highest BCUT2D eigenvalue weighted by Crippen LogP contribution is 2.16. The van der Waals surface area contributed by atoms with Crippen LogP contribution in [-0.2, 0) is 11.3 Å². The Morgan fingerprint density at radius 3 is 2.52 bits per heavy atom. The third kappa shape index (κ3) is 4.85. The summed E-state index contributed by atoms with van der Waals surface area (Å²) < 4.78 is 0. The summed E-state index contributed by atoms with van der Waals surface area (Å²) in [6, 6.07) is 20.2. The first-order chi connectivity index (χ1) is 13.0. The van der Waals surface area contributed by atoms with E-state index >= 15 is 0 Å². The topological polar surface area (TPSA) is 69.6 Å². The summed E-state index contributed by atoms with van der Waals surface area (Å²) in [6.07, 6.45) is 0.217. The van der Waals surface area contributed by atoms with E-state index in [9.17, 15) is 14.7 Å². The maximum absolute atomic E-state index is 12.3. The van der Waals surface area contributed by atoms with E-state index in [1.165, 1.54) is 0 Å². The van der Waals surface area contributed by atoms with Crippen LogP contribution in [0.1, 0.15) is 22.3 Å². The van der Waals surface area contributed by atoms with E-state index in [2.05, 4.69) is 5.32 Å². The maximum atomic E-state index is 12.3. The van der Waals surface area contributed by atoms with Crippen LogP contribution in [0.4, 0.5) is 0 Å². The fourth-order valence-electron chi connectivity index (χ4n) is 2.92. The van der Waals surface area contributed by atoms with Gasteiger partial charge in [0.05, 0.1) is 0 Å². The van der Waals surface area contributed by atoms with Gasteiger partial charge >= 0.3 is 0 Å². The summed E-state index contributed by atoms with van der Waals surface area (Å²) in [7, 11) is 1.71. The van der Waals surface area contributed by atoms with Crippen molar-refractivity contribution in [1.29, 1.82) is 0 Å². The van der Waals surface area contributed by atoms with E-state index in [0.717, 1.165) is 16.3 Å². The van der Waals surface area contributed by atoms with Crippen LogP contribution in [0.5, 0.6) is 5.75 Å². The molecule has 3 aromatic carbocycles. The Labute approximate surface area is 158 Å². The summed E-state index contributed by atoms with van der Waals surface area (Å²) in [4.78, 5) is 26.1. The van der Waals surface area contributed by atoms with Crippen LogP contribution in [0.3, 0.4) is 0 Å². The van der Waals surface area contributed by atoms with Gasteiger partial charge in [0.15, 0.2) is 0 Å². The Kier molecular flexibility index (Phi) is 5.71. The summed E-state index contributed by atoms with van der Waals surface area (Å²) in [6.45, 7) is 0.681. The molecule has 27 heavy (non-hydrogen) atoms. The molecule has 5 heteroatoms. The van der Waals surface area contributed by atoms with Gasteiger partial charge in [-0.05, 0) is 40.6 Å². The molecule has 0 aliphatic carbocycles. The lowest BCUT2D eigenvalue weighted by Gasteiger charge is -2.17. The predicted molar refractivity (Wildman–Crippen MR) is 105 cm³/mol. The summed E-state index contributed by atoms with van der Waals surface area (Å²) >= 11 is 0. The van der Waals surface area contributed by atoms with Crippen molar-refractivity contribution in [1.82, 2.24) is 10.2 Å². The largest absolute Gasteiger partial charge is 0.508 e. The zero-order valence-corrected chi connectivity index (χ0v) is 15.2. The van der Waals surface area contributed by atoms with Crippen LogP contribution in [0, 0.1) is 0 Å². The number of phenols is 1. The Hall–Kier alpha value is -3.34. The molecule has 0 radical (unpaired) electrons. The molecule has 2 N–H and O–H groups in total. The highest BCUT2D eigenvalue weighted by molar-refractivity contribution is 5.98. The second-order valence-corrected chi connectivity index (χ2v) is 6.49. The number of fused-ring (bicyclic) bond motifs is 1. The standard InChI is InChI=1S/C22H22N2O3/c1-24(15-16-5-4-8-20(25)13-16)21(26)11-12-23-22(27)19-10-9-17-6-2-3-7-18(17)14-19/h2-10,13-14,25H,11-12,15H2,1H3,(H,23,27). The van der Waals surface area contributed by atoms with Crippen LogP contribution >= 0.6 is 0 Å². The van der Waals surface area contributed by atoms with E-state index in [4.69, 9.17) is 0 Å². The van der Waals surface area contributed by atoms with E-state index in [1.54, 1.807) is 36.2 Å². The number of benzene rings is 3. The fourth-order valence-corrected chi connectivity index (χ4v) is 2.92. The maximum Gasteiger partial charge on any atom is 0.251 e. The number of rotatable bonds is 6. The Morgan fingerprint density at radius 2 is 1.74 bits per heavy atom. The van der Waals surface area contributed by atoms with E-state index < -0.39 is 0 Å². The van der Waals surface area contributed by atoms with Crippen LogP contribution in [0.15, 0.2) is 66.7 Å². The third-order valence-electron chi connectivity index (χ3n) is 4.39. The van der Waals surface area contributed by atoms with Gasteiger partial charge in [-0.25, -0.2) is 0 Å². The van der Waals surface area contributed by atoms with E-state index in [-0.39, 0.29) is 30.5 Å². The normalized spacial score (nSPS) is 10.6. The predicted octanol–water partition coefficient (Wildman–Crippen LogP) is 3.32. The van der Waals surface area contributed by atoms with Crippen LogP contribution in [0.2, 0.25) is 0 Å². The Morgan fingerprint density at radius 1 is 0.963 bits per heavy atom. The molecule has 0 aliphatic rings. The number of hydrogen-bond acceptors (Lipinski definition) is 3. The lowest BCUT2D eigenvalue weighted by Crippen LogP contribution is -2.31. The molecule has 0 unspecified atom stereocenters. The van der Waals surface area contributed by atoms with Crippen molar-refractivity contribution in [3.05, 3.63) is 77.9 Å². The van der Waals surface area contributed by atoms with Gasteiger partial charge in [-0.3, -0.25) is 9.59 Å². The van der Waals surface area contributed by atoms with E-state index in [0.29, 0.717) is 12.1 Å². The molecule has 3 rings (SSSR count). The first-order valence-electron chi connectivity index (χ1n) is 8.82. The zero-order chi connectivity index (χ0) is 19.2. The van der Waals surface area contributed by atoms with Crippen molar-refractivity contribution in [2.24, 2.45) is 0 Å². The summed E-state index contributed by atoms with van der Waals surface area (Å²) in [5.74, 6) is -0.0858. The number of hydrogen-bond donors (Lipinski definition) is 2. The third-order valence-corrected chi connectivity index (χ3v) is 4.39. The molecule has 0 saturated carbocycles. The number of carbonyl (C=O) groups excluding carboxylic acids is 2. The molecule has 0 bridgehead atoms.